The second-order valence-corrected chi connectivity index (χ2v) is 6.06. The maximum atomic E-state index is 13.8. The van der Waals surface area contributed by atoms with Crippen LogP contribution in [-0.4, -0.2) is 23.0 Å². The van der Waals surface area contributed by atoms with Crippen LogP contribution in [-0.2, 0) is 16.0 Å². The number of hydrogen-bond donors (Lipinski definition) is 2. The molecule has 0 spiro atoms. The number of hydrogen-bond acceptors (Lipinski definition) is 4. The summed E-state index contributed by atoms with van der Waals surface area (Å²) >= 11 is 0. The average molecular weight is 355 g/mol. The first kappa shape index (κ1) is 17.6. The van der Waals surface area contributed by atoms with Crippen LogP contribution in [0.25, 0.3) is 11.0 Å². The van der Waals surface area contributed by atoms with Crippen LogP contribution < -0.4 is 10.6 Å². The molecule has 0 aliphatic carbocycles. The third-order valence-electron chi connectivity index (χ3n) is 3.93. The number of anilines is 1. The van der Waals surface area contributed by atoms with E-state index in [0.29, 0.717) is 11.3 Å². The molecule has 7 heteroatoms. The molecule has 26 heavy (non-hydrogen) atoms. The van der Waals surface area contributed by atoms with Gasteiger partial charge in [0, 0.05) is 5.39 Å². The summed E-state index contributed by atoms with van der Waals surface area (Å²) in [5.41, 5.74) is 1.91. The highest BCUT2D eigenvalue weighted by Gasteiger charge is 2.19. The second-order valence-electron chi connectivity index (χ2n) is 6.06. The molecule has 1 atom stereocenters. The minimum Gasteiger partial charge on any atom is -0.356 e. The van der Waals surface area contributed by atoms with E-state index in [1.165, 1.54) is 19.1 Å². The fourth-order valence-electron chi connectivity index (χ4n) is 2.54. The number of para-hydroxylation sites is 1. The monoisotopic (exact) mass is 355 g/mol. The van der Waals surface area contributed by atoms with Gasteiger partial charge in [0.15, 0.2) is 5.58 Å². The Bertz CT molecular complexity index is 968. The summed E-state index contributed by atoms with van der Waals surface area (Å²) in [6, 6.07) is 10.9. The molecule has 3 aromatic rings. The van der Waals surface area contributed by atoms with Gasteiger partial charge in [-0.15, -0.1) is 0 Å². The van der Waals surface area contributed by atoms with Crippen molar-refractivity contribution in [3.63, 3.8) is 0 Å². The largest absolute Gasteiger partial charge is 0.356 e. The fourth-order valence-corrected chi connectivity index (χ4v) is 2.54. The molecule has 6 nitrogen and oxygen atoms in total. The zero-order valence-electron chi connectivity index (χ0n) is 14.4. The van der Waals surface area contributed by atoms with Gasteiger partial charge in [-0.2, -0.15) is 0 Å². The zero-order chi connectivity index (χ0) is 18.7. The summed E-state index contributed by atoms with van der Waals surface area (Å²) in [6.45, 7) is 3.28. The Morgan fingerprint density at radius 3 is 2.77 bits per heavy atom. The van der Waals surface area contributed by atoms with Gasteiger partial charge in [0.05, 0.1) is 12.1 Å². The molecule has 0 aliphatic rings. The molecule has 2 N–H and O–H groups in total. The number of halogens is 1. The number of aromatic nitrogens is 1. The molecular weight excluding hydrogens is 337 g/mol. The quantitative estimate of drug-likeness (QED) is 0.737. The summed E-state index contributed by atoms with van der Waals surface area (Å²) < 4.78 is 19.0. The third-order valence-corrected chi connectivity index (χ3v) is 3.93. The molecule has 1 aromatic heterocycles. The number of carbonyl (C=O) groups is 2. The molecule has 0 saturated heterocycles. The topological polar surface area (TPSA) is 84.2 Å². The number of benzene rings is 2. The molecule has 2 amide bonds. The summed E-state index contributed by atoms with van der Waals surface area (Å²) in [7, 11) is 0. The van der Waals surface area contributed by atoms with Gasteiger partial charge >= 0.3 is 0 Å². The number of rotatable bonds is 5. The van der Waals surface area contributed by atoms with Crippen molar-refractivity contribution in [1.82, 2.24) is 10.5 Å². The number of nitrogens with zero attached hydrogens (tertiary/aromatic N) is 1. The predicted octanol–water partition coefficient (Wildman–Crippen LogP) is 2.96. The van der Waals surface area contributed by atoms with Crippen LogP contribution in [0.5, 0.6) is 0 Å². The minimum absolute atomic E-state index is 0.0203. The molecule has 1 unspecified atom stereocenters. The Morgan fingerprint density at radius 2 is 2.00 bits per heavy atom. The van der Waals surface area contributed by atoms with Crippen LogP contribution in [0, 0.1) is 12.7 Å². The van der Waals surface area contributed by atoms with Crippen molar-refractivity contribution in [2.45, 2.75) is 26.3 Å². The molecule has 0 bridgehead atoms. The van der Waals surface area contributed by atoms with Gasteiger partial charge in [0.25, 0.3) is 0 Å². The van der Waals surface area contributed by atoms with E-state index in [-0.39, 0.29) is 18.0 Å². The first-order chi connectivity index (χ1) is 12.4. The van der Waals surface area contributed by atoms with Crippen molar-refractivity contribution < 1.29 is 18.5 Å². The van der Waals surface area contributed by atoms with Crippen LogP contribution >= 0.6 is 0 Å². The normalized spacial score (nSPS) is 12.0. The molecule has 0 fully saturated rings. The van der Waals surface area contributed by atoms with Crippen LogP contribution in [0.4, 0.5) is 10.1 Å². The maximum Gasteiger partial charge on any atom is 0.246 e. The van der Waals surface area contributed by atoms with Crippen molar-refractivity contribution in [2.24, 2.45) is 0 Å². The molecule has 134 valence electrons. The minimum atomic E-state index is -0.832. The lowest BCUT2D eigenvalue weighted by atomic mass is 10.1. The van der Waals surface area contributed by atoms with Crippen molar-refractivity contribution >= 4 is 28.5 Å². The predicted molar refractivity (Wildman–Crippen MR) is 95.1 cm³/mol. The van der Waals surface area contributed by atoms with Gasteiger partial charge in [-0.05, 0) is 43.7 Å². The fraction of sp³-hybridized carbons (Fsp3) is 0.211. The number of fused-ring (bicyclic) bond motifs is 1. The molecule has 0 radical (unpaired) electrons. The van der Waals surface area contributed by atoms with Crippen molar-refractivity contribution in [3.8, 4) is 0 Å². The third kappa shape index (κ3) is 3.88. The standard InChI is InChI=1S/C19H18FN3O3/c1-11-7-8-15(14(20)9-11)22-19(25)12(2)21-18(24)10-16-13-5-3-4-6-17(13)26-23-16/h3-9,12H,10H2,1-2H3,(H,21,24)(H,22,25). The molecular formula is C19H18FN3O3. The Balaban J connectivity index is 1.60. The molecule has 2 aromatic carbocycles. The van der Waals surface area contributed by atoms with Crippen LogP contribution in [0.15, 0.2) is 47.0 Å². The number of nitrogens with one attached hydrogen (secondary N) is 2. The lowest BCUT2D eigenvalue weighted by Crippen LogP contribution is -2.42. The van der Waals surface area contributed by atoms with Crippen molar-refractivity contribution in [2.75, 3.05) is 5.32 Å². The Hall–Kier alpha value is -3.22. The summed E-state index contributed by atoms with van der Waals surface area (Å²) in [4.78, 5) is 24.4. The van der Waals surface area contributed by atoms with E-state index >= 15 is 0 Å². The lowest BCUT2D eigenvalue weighted by molar-refractivity contribution is -0.125. The smallest absolute Gasteiger partial charge is 0.246 e. The van der Waals surface area contributed by atoms with Crippen molar-refractivity contribution in [1.29, 1.82) is 0 Å². The van der Waals surface area contributed by atoms with Gasteiger partial charge in [-0.3, -0.25) is 9.59 Å². The van der Waals surface area contributed by atoms with E-state index in [9.17, 15) is 14.0 Å². The van der Waals surface area contributed by atoms with E-state index in [2.05, 4.69) is 15.8 Å². The van der Waals surface area contributed by atoms with Gasteiger partial charge in [0.2, 0.25) is 11.8 Å². The summed E-state index contributed by atoms with van der Waals surface area (Å²) in [5.74, 6) is -1.41. The molecule has 3 rings (SSSR count). The van der Waals surface area contributed by atoms with E-state index < -0.39 is 17.8 Å². The first-order valence-electron chi connectivity index (χ1n) is 8.13. The number of carbonyl (C=O) groups excluding carboxylic acids is 2. The number of aryl methyl sites for hydroxylation is 1. The van der Waals surface area contributed by atoms with Crippen LogP contribution in [0.3, 0.4) is 0 Å². The molecule has 0 aliphatic heterocycles. The van der Waals surface area contributed by atoms with E-state index in [1.54, 1.807) is 19.1 Å². The van der Waals surface area contributed by atoms with Gasteiger partial charge < -0.3 is 15.2 Å². The lowest BCUT2D eigenvalue weighted by Gasteiger charge is -2.14. The highest BCUT2D eigenvalue weighted by Crippen LogP contribution is 2.18. The Kier molecular flexibility index (Phi) is 4.97. The SMILES string of the molecule is Cc1ccc(NC(=O)C(C)NC(=O)Cc2noc3ccccc23)c(F)c1. The molecule has 1 heterocycles. The van der Waals surface area contributed by atoms with E-state index in [4.69, 9.17) is 4.52 Å². The Morgan fingerprint density at radius 1 is 1.23 bits per heavy atom. The summed E-state index contributed by atoms with van der Waals surface area (Å²) in [6.07, 6.45) is -0.0203. The average Bonchev–Trinajstić information content (AvgIpc) is 3.00. The van der Waals surface area contributed by atoms with E-state index in [0.717, 1.165) is 10.9 Å². The second kappa shape index (κ2) is 7.35. The Labute approximate surface area is 149 Å². The van der Waals surface area contributed by atoms with Crippen molar-refractivity contribution in [3.05, 3.63) is 59.5 Å². The van der Waals surface area contributed by atoms with Crippen LogP contribution in [0.1, 0.15) is 18.2 Å². The number of amides is 2. The molecule has 0 saturated carbocycles. The van der Waals surface area contributed by atoms with E-state index in [1.807, 2.05) is 18.2 Å². The van der Waals surface area contributed by atoms with Gasteiger partial charge in [-0.25, -0.2) is 4.39 Å². The summed E-state index contributed by atoms with van der Waals surface area (Å²) in [5, 5.41) is 9.69. The first-order valence-corrected chi connectivity index (χ1v) is 8.13. The highest BCUT2D eigenvalue weighted by molar-refractivity contribution is 5.97. The zero-order valence-corrected chi connectivity index (χ0v) is 14.4. The maximum absolute atomic E-state index is 13.8. The van der Waals surface area contributed by atoms with Gasteiger partial charge in [-0.1, -0.05) is 23.4 Å². The van der Waals surface area contributed by atoms with Gasteiger partial charge in [0.1, 0.15) is 17.6 Å². The highest BCUT2D eigenvalue weighted by atomic mass is 19.1. The van der Waals surface area contributed by atoms with Crippen LogP contribution in [0.2, 0.25) is 0 Å².